The number of benzene rings is 2. The van der Waals surface area contributed by atoms with E-state index >= 15 is 0 Å². The fourth-order valence-corrected chi connectivity index (χ4v) is 2.67. The molecule has 0 saturated heterocycles. The first kappa shape index (κ1) is 20.5. The summed E-state index contributed by atoms with van der Waals surface area (Å²) in [6, 6.07) is 14.5. The van der Waals surface area contributed by atoms with Crippen LogP contribution in [0.1, 0.15) is 35.3 Å². The van der Waals surface area contributed by atoms with Crippen molar-refractivity contribution in [2.24, 2.45) is 5.92 Å². The highest BCUT2D eigenvalue weighted by molar-refractivity contribution is 5.98. The maximum atomic E-state index is 12.5. The number of carbonyl (C=O) groups excluding carboxylic acids is 2. The van der Waals surface area contributed by atoms with Gasteiger partial charge in [0, 0.05) is 5.56 Å². The van der Waals surface area contributed by atoms with E-state index in [9.17, 15) is 9.59 Å². The van der Waals surface area contributed by atoms with Gasteiger partial charge in [0.25, 0.3) is 5.91 Å². The molecular weight excluding hydrogens is 340 g/mol. The molecule has 5 heteroatoms. The first-order valence-corrected chi connectivity index (χ1v) is 9.22. The van der Waals surface area contributed by atoms with E-state index in [1.54, 1.807) is 6.07 Å². The summed E-state index contributed by atoms with van der Waals surface area (Å²) in [6.45, 7) is 8.45. The van der Waals surface area contributed by atoms with Crippen molar-refractivity contribution in [2.45, 2.75) is 33.7 Å². The van der Waals surface area contributed by atoms with Crippen molar-refractivity contribution in [1.29, 1.82) is 0 Å². The second kappa shape index (κ2) is 9.76. The third-order valence-corrected chi connectivity index (χ3v) is 4.32. The summed E-state index contributed by atoms with van der Waals surface area (Å²) < 4.78 is 5.62. The van der Waals surface area contributed by atoms with E-state index in [0.29, 0.717) is 18.7 Å². The molecular formula is C22H28N2O3. The van der Waals surface area contributed by atoms with Crippen LogP contribution in [0.15, 0.2) is 48.5 Å². The van der Waals surface area contributed by atoms with Crippen molar-refractivity contribution >= 4 is 11.8 Å². The van der Waals surface area contributed by atoms with Crippen molar-refractivity contribution in [3.05, 3.63) is 65.2 Å². The number of aryl methyl sites for hydroxylation is 2. The van der Waals surface area contributed by atoms with Crippen LogP contribution in [0, 0.1) is 19.8 Å². The standard InChI is InChI=1S/C22H28N2O3/c1-15(2)20(24-21(25)19-8-6-5-7-17(19)4)22(26)23-13-14-27-18-11-9-16(3)10-12-18/h5-12,15,20H,13-14H2,1-4H3,(H,23,26)(H,24,25). The van der Waals surface area contributed by atoms with Gasteiger partial charge in [-0.3, -0.25) is 9.59 Å². The van der Waals surface area contributed by atoms with Crippen LogP contribution >= 0.6 is 0 Å². The van der Waals surface area contributed by atoms with Gasteiger partial charge in [0.15, 0.2) is 0 Å². The number of hydrogen-bond acceptors (Lipinski definition) is 3. The summed E-state index contributed by atoms with van der Waals surface area (Å²) in [5.74, 6) is 0.288. The molecule has 2 amide bonds. The normalized spacial score (nSPS) is 11.7. The average molecular weight is 368 g/mol. The Kier molecular flexibility index (Phi) is 7.41. The molecule has 0 aliphatic heterocycles. The summed E-state index contributed by atoms with van der Waals surface area (Å²) in [5.41, 5.74) is 2.63. The molecule has 0 saturated carbocycles. The lowest BCUT2D eigenvalue weighted by molar-refractivity contribution is -0.124. The van der Waals surface area contributed by atoms with Crippen molar-refractivity contribution in [1.82, 2.24) is 10.6 Å². The fraction of sp³-hybridized carbons (Fsp3) is 0.364. The first-order chi connectivity index (χ1) is 12.9. The van der Waals surface area contributed by atoms with Gasteiger partial charge in [-0.1, -0.05) is 49.7 Å². The minimum absolute atomic E-state index is 0.0315. The van der Waals surface area contributed by atoms with Gasteiger partial charge in [-0.05, 0) is 43.5 Å². The van der Waals surface area contributed by atoms with Crippen molar-refractivity contribution < 1.29 is 14.3 Å². The molecule has 1 unspecified atom stereocenters. The highest BCUT2D eigenvalue weighted by Gasteiger charge is 2.24. The molecule has 0 aromatic heterocycles. The Balaban J connectivity index is 1.86. The summed E-state index contributed by atoms with van der Waals surface area (Å²) in [5, 5.41) is 5.68. The van der Waals surface area contributed by atoms with Gasteiger partial charge in [0.1, 0.15) is 18.4 Å². The van der Waals surface area contributed by atoms with Crippen molar-refractivity contribution in [3.63, 3.8) is 0 Å². The van der Waals surface area contributed by atoms with Gasteiger partial charge < -0.3 is 15.4 Å². The fourth-order valence-electron chi connectivity index (χ4n) is 2.67. The minimum Gasteiger partial charge on any atom is -0.492 e. The number of carbonyl (C=O) groups is 2. The quantitative estimate of drug-likeness (QED) is 0.703. The van der Waals surface area contributed by atoms with Gasteiger partial charge in [0.05, 0.1) is 6.54 Å². The average Bonchev–Trinajstić information content (AvgIpc) is 2.64. The van der Waals surface area contributed by atoms with Crippen LogP contribution in [-0.4, -0.2) is 31.0 Å². The maximum absolute atomic E-state index is 12.5. The van der Waals surface area contributed by atoms with E-state index in [0.717, 1.165) is 11.3 Å². The van der Waals surface area contributed by atoms with Gasteiger partial charge in [-0.15, -0.1) is 0 Å². The van der Waals surface area contributed by atoms with Crippen LogP contribution in [0.25, 0.3) is 0 Å². The highest BCUT2D eigenvalue weighted by Crippen LogP contribution is 2.11. The van der Waals surface area contributed by atoms with Crippen molar-refractivity contribution in [2.75, 3.05) is 13.2 Å². The van der Waals surface area contributed by atoms with Crippen LogP contribution in [-0.2, 0) is 4.79 Å². The SMILES string of the molecule is Cc1ccc(OCCNC(=O)C(NC(=O)c2ccccc2C)C(C)C)cc1. The maximum Gasteiger partial charge on any atom is 0.252 e. The Hall–Kier alpha value is -2.82. The lowest BCUT2D eigenvalue weighted by Gasteiger charge is -2.22. The molecule has 0 aliphatic carbocycles. The molecule has 144 valence electrons. The summed E-state index contributed by atoms with van der Waals surface area (Å²) in [7, 11) is 0. The Labute approximate surface area is 161 Å². The summed E-state index contributed by atoms with van der Waals surface area (Å²) >= 11 is 0. The van der Waals surface area contributed by atoms with E-state index < -0.39 is 6.04 Å². The molecule has 0 bridgehead atoms. The number of rotatable bonds is 8. The Morgan fingerprint density at radius 2 is 1.67 bits per heavy atom. The molecule has 0 aliphatic rings. The summed E-state index contributed by atoms with van der Waals surface area (Å²) in [6.07, 6.45) is 0. The Morgan fingerprint density at radius 3 is 2.30 bits per heavy atom. The van der Waals surface area contributed by atoms with Crippen molar-refractivity contribution in [3.8, 4) is 5.75 Å². The molecule has 0 spiro atoms. The van der Waals surface area contributed by atoms with Gasteiger partial charge in [0.2, 0.25) is 5.91 Å². The van der Waals surface area contributed by atoms with Gasteiger partial charge in [-0.2, -0.15) is 0 Å². The summed E-state index contributed by atoms with van der Waals surface area (Å²) in [4.78, 5) is 25.0. The lowest BCUT2D eigenvalue weighted by atomic mass is 10.0. The predicted octanol–water partition coefficient (Wildman–Crippen LogP) is 3.25. The van der Waals surface area contributed by atoms with Gasteiger partial charge in [-0.25, -0.2) is 0 Å². The molecule has 2 N–H and O–H groups in total. The van der Waals surface area contributed by atoms with Crippen LogP contribution in [0.4, 0.5) is 0 Å². The first-order valence-electron chi connectivity index (χ1n) is 9.22. The predicted molar refractivity (Wildman–Crippen MR) is 107 cm³/mol. The minimum atomic E-state index is -0.600. The zero-order valence-electron chi connectivity index (χ0n) is 16.4. The Morgan fingerprint density at radius 1 is 1.00 bits per heavy atom. The molecule has 2 aromatic carbocycles. The van der Waals surface area contributed by atoms with E-state index in [-0.39, 0.29) is 17.7 Å². The van der Waals surface area contributed by atoms with Gasteiger partial charge >= 0.3 is 0 Å². The molecule has 0 fully saturated rings. The molecule has 2 aromatic rings. The zero-order valence-corrected chi connectivity index (χ0v) is 16.4. The van der Waals surface area contributed by atoms with E-state index in [2.05, 4.69) is 10.6 Å². The van der Waals surface area contributed by atoms with Crippen LogP contribution in [0.5, 0.6) is 5.75 Å². The molecule has 5 nitrogen and oxygen atoms in total. The number of amides is 2. The molecule has 0 heterocycles. The third-order valence-electron chi connectivity index (χ3n) is 4.32. The molecule has 1 atom stereocenters. The largest absolute Gasteiger partial charge is 0.492 e. The smallest absolute Gasteiger partial charge is 0.252 e. The van der Waals surface area contributed by atoms with E-state index in [1.807, 2.05) is 70.2 Å². The molecule has 0 radical (unpaired) electrons. The van der Waals surface area contributed by atoms with E-state index in [1.165, 1.54) is 5.56 Å². The molecule has 27 heavy (non-hydrogen) atoms. The zero-order chi connectivity index (χ0) is 19.8. The third kappa shape index (κ3) is 6.13. The highest BCUT2D eigenvalue weighted by atomic mass is 16.5. The van der Waals surface area contributed by atoms with Crippen LogP contribution in [0.3, 0.4) is 0 Å². The van der Waals surface area contributed by atoms with E-state index in [4.69, 9.17) is 4.74 Å². The number of hydrogen-bond donors (Lipinski definition) is 2. The Bertz CT molecular complexity index is 769. The monoisotopic (exact) mass is 368 g/mol. The molecule has 2 rings (SSSR count). The topological polar surface area (TPSA) is 67.4 Å². The second-order valence-corrected chi connectivity index (χ2v) is 6.96. The number of nitrogens with one attached hydrogen (secondary N) is 2. The lowest BCUT2D eigenvalue weighted by Crippen LogP contribution is -2.50. The number of ether oxygens (including phenoxy) is 1. The second-order valence-electron chi connectivity index (χ2n) is 6.96. The van der Waals surface area contributed by atoms with Crippen LogP contribution < -0.4 is 15.4 Å². The van der Waals surface area contributed by atoms with Crippen LogP contribution in [0.2, 0.25) is 0 Å².